The predicted octanol–water partition coefficient (Wildman–Crippen LogP) is 1.61. The normalized spacial score (nSPS) is 14.0. The van der Waals surface area contributed by atoms with Gasteiger partial charge in [0.15, 0.2) is 0 Å². The molecule has 1 heterocycles. The predicted molar refractivity (Wildman–Crippen MR) is 78.6 cm³/mol. The second kappa shape index (κ2) is 7.31. The van der Waals surface area contributed by atoms with Gasteiger partial charge in [0, 0.05) is 32.2 Å². The summed E-state index contributed by atoms with van der Waals surface area (Å²) in [5.74, 6) is 0.995. The molecule has 0 fully saturated rings. The standard InChI is InChI=1S/C15H21N3O3/c1-15(19,8-9-20-2)11-16-10-13-17-18-14(21-13)12-6-4-3-5-7-12/h3-7,16,19H,8-11H2,1-2H3. The lowest BCUT2D eigenvalue weighted by atomic mass is 10.0. The smallest absolute Gasteiger partial charge is 0.247 e. The Kier molecular flexibility index (Phi) is 5.44. The van der Waals surface area contributed by atoms with Crippen molar-refractivity contribution in [3.05, 3.63) is 36.2 Å². The molecule has 2 rings (SSSR count). The van der Waals surface area contributed by atoms with Crippen molar-refractivity contribution in [3.63, 3.8) is 0 Å². The molecule has 0 aliphatic heterocycles. The molecule has 114 valence electrons. The Hall–Kier alpha value is -1.76. The lowest BCUT2D eigenvalue weighted by Crippen LogP contribution is -2.38. The first kappa shape index (κ1) is 15.6. The molecule has 2 aromatic rings. The fraction of sp³-hybridized carbons (Fsp3) is 0.467. The monoisotopic (exact) mass is 291 g/mol. The molecule has 0 saturated heterocycles. The molecular weight excluding hydrogens is 270 g/mol. The molecule has 6 heteroatoms. The van der Waals surface area contributed by atoms with Crippen LogP contribution in [0.4, 0.5) is 0 Å². The fourth-order valence-electron chi connectivity index (χ4n) is 1.87. The van der Waals surface area contributed by atoms with Crippen molar-refractivity contribution in [2.75, 3.05) is 20.3 Å². The average molecular weight is 291 g/mol. The van der Waals surface area contributed by atoms with E-state index in [4.69, 9.17) is 9.15 Å². The largest absolute Gasteiger partial charge is 0.419 e. The van der Waals surface area contributed by atoms with E-state index in [1.54, 1.807) is 14.0 Å². The van der Waals surface area contributed by atoms with Crippen LogP contribution in [0, 0.1) is 0 Å². The number of rotatable bonds is 8. The van der Waals surface area contributed by atoms with Crippen LogP contribution in [-0.2, 0) is 11.3 Å². The maximum absolute atomic E-state index is 10.1. The quantitative estimate of drug-likeness (QED) is 0.769. The highest BCUT2D eigenvalue weighted by molar-refractivity contribution is 5.51. The molecule has 1 aromatic carbocycles. The SMILES string of the molecule is COCCC(C)(O)CNCc1nnc(-c2ccccc2)o1. The topological polar surface area (TPSA) is 80.4 Å². The van der Waals surface area contributed by atoms with Crippen molar-refractivity contribution < 1.29 is 14.3 Å². The Bertz CT molecular complexity index is 540. The Morgan fingerprint density at radius 2 is 2.05 bits per heavy atom. The Morgan fingerprint density at radius 3 is 2.76 bits per heavy atom. The van der Waals surface area contributed by atoms with Crippen molar-refractivity contribution >= 4 is 0 Å². The first-order chi connectivity index (χ1) is 10.1. The number of benzene rings is 1. The Labute approximate surface area is 124 Å². The molecule has 0 radical (unpaired) electrons. The van der Waals surface area contributed by atoms with Crippen LogP contribution in [0.2, 0.25) is 0 Å². The summed E-state index contributed by atoms with van der Waals surface area (Å²) in [7, 11) is 1.62. The highest BCUT2D eigenvalue weighted by Crippen LogP contribution is 2.16. The first-order valence-corrected chi connectivity index (χ1v) is 6.90. The summed E-state index contributed by atoms with van der Waals surface area (Å²) in [6.45, 7) is 3.14. The molecule has 2 N–H and O–H groups in total. The van der Waals surface area contributed by atoms with Crippen LogP contribution < -0.4 is 5.32 Å². The second-order valence-corrected chi connectivity index (χ2v) is 5.21. The van der Waals surface area contributed by atoms with Crippen molar-refractivity contribution in [2.24, 2.45) is 0 Å². The van der Waals surface area contributed by atoms with Gasteiger partial charge in [0.25, 0.3) is 0 Å². The molecule has 0 bridgehead atoms. The zero-order valence-corrected chi connectivity index (χ0v) is 12.4. The van der Waals surface area contributed by atoms with Crippen molar-refractivity contribution in [1.29, 1.82) is 0 Å². The minimum Gasteiger partial charge on any atom is -0.419 e. The van der Waals surface area contributed by atoms with Gasteiger partial charge < -0.3 is 19.6 Å². The van der Waals surface area contributed by atoms with Crippen LogP contribution in [0.5, 0.6) is 0 Å². The minimum atomic E-state index is -0.821. The number of hydrogen-bond donors (Lipinski definition) is 2. The summed E-state index contributed by atoms with van der Waals surface area (Å²) >= 11 is 0. The van der Waals surface area contributed by atoms with E-state index in [1.165, 1.54) is 0 Å². The number of nitrogens with zero attached hydrogens (tertiary/aromatic N) is 2. The van der Waals surface area contributed by atoms with E-state index in [9.17, 15) is 5.11 Å². The van der Waals surface area contributed by atoms with E-state index < -0.39 is 5.60 Å². The Morgan fingerprint density at radius 1 is 1.29 bits per heavy atom. The van der Waals surface area contributed by atoms with E-state index in [-0.39, 0.29) is 0 Å². The zero-order chi connectivity index (χ0) is 15.1. The first-order valence-electron chi connectivity index (χ1n) is 6.90. The molecule has 0 amide bonds. The van der Waals surface area contributed by atoms with Gasteiger partial charge in [0.1, 0.15) is 0 Å². The Balaban J connectivity index is 1.83. The van der Waals surface area contributed by atoms with Gasteiger partial charge in [-0.15, -0.1) is 10.2 Å². The molecule has 1 aromatic heterocycles. The number of methoxy groups -OCH3 is 1. The summed E-state index contributed by atoms with van der Waals surface area (Å²) in [4.78, 5) is 0. The molecule has 1 unspecified atom stereocenters. The van der Waals surface area contributed by atoms with Crippen molar-refractivity contribution in [3.8, 4) is 11.5 Å². The van der Waals surface area contributed by atoms with Gasteiger partial charge in [-0.2, -0.15) is 0 Å². The third kappa shape index (κ3) is 4.93. The lowest BCUT2D eigenvalue weighted by molar-refractivity contribution is 0.0244. The van der Waals surface area contributed by atoms with Crippen LogP contribution >= 0.6 is 0 Å². The molecule has 0 spiro atoms. The number of nitrogens with one attached hydrogen (secondary N) is 1. The molecule has 0 aliphatic carbocycles. The maximum Gasteiger partial charge on any atom is 0.247 e. The van der Waals surface area contributed by atoms with Gasteiger partial charge in [0.2, 0.25) is 11.8 Å². The average Bonchev–Trinajstić information content (AvgIpc) is 2.95. The molecule has 21 heavy (non-hydrogen) atoms. The third-order valence-electron chi connectivity index (χ3n) is 3.11. The van der Waals surface area contributed by atoms with Crippen LogP contribution in [0.25, 0.3) is 11.5 Å². The summed E-state index contributed by atoms with van der Waals surface area (Å²) in [5, 5.41) is 21.2. The van der Waals surface area contributed by atoms with Crippen LogP contribution in [0.15, 0.2) is 34.7 Å². The number of hydrogen-bond acceptors (Lipinski definition) is 6. The van der Waals surface area contributed by atoms with Crippen molar-refractivity contribution in [2.45, 2.75) is 25.5 Å². The second-order valence-electron chi connectivity index (χ2n) is 5.21. The summed E-state index contributed by atoms with van der Waals surface area (Å²) < 4.78 is 10.5. The van der Waals surface area contributed by atoms with Gasteiger partial charge in [-0.1, -0.05) is 18.2 Å². The lowest BCUT2D eigenvalue weighted by Gasteiger charge is -2.22. The molecule has 0 saturated carbocycles. The van der Waals surface area contributed by atoms with Gasteiger partial charge in [-0.3, -0.25) is 0 Å². The molecule has 1 atom stereocenters. The fourth-order valence-corrected chi connectivity index (χ4v) is 1.87. The van der Waals surface area contributed by atoms with Gasteiger partial charge in [-0.05, 0) is 19.1 Å². The van der Waals surface area contributed by atoms with E-state index in [0.29, 0.717) is 37.9 Å². The zero-order valence-electron chi connectivity index (χ0n) is 12.4. The molecular formula is C15H21N3O3. The van der Waals surface area contributed by atoms with Crippen LogP contribution in [0.3, 0.4) is 0 Å². The third-order valence-corrected chi connectivity index (χ3v) is 3.11. The highest BCUT2D eigenvalue weighted by atomic mass is 16.5. The van der Waals surface area contributed by atoms with E-state index in [0.717, 1.165) is 5.56 Å². The summed E-state index contributed by atoms with van der Waals surface area (Å²) in [5.41, 5.74) is 0.0708. The number of aliphatic hydroxyl groups is 1. The van der Waals surface area contributed by atoms with Crippen molar-refractivity contribution in [1.82, 2.24) is 15.5 Å². The van der Waals surface area contributed by atoms with E-state index >= 15 is 0 Å². The van der Waals surface area contributed by atoms with Gasteiger partial charge in [-0.25, -0.2) is 0 Å². The van der Waals surface area contributed by atoms with Crippen LogP contribution in [-0.4, -0.2) is 41.2 Å². The molecule has 6 nitrogen and oxygen atoms in total. The summed E-state index contributed by atoms with van der Waals surface area (Å²) in [6.07, 6.45) is 0.565. The highest BCUT2D eigenvalue weighted by Gasteiger charge is 2.19. The minimum absolute atomic E-state index is 0.420. The van der Waals surface area contributed by atoms with E-state index in [2.05, 4.69) is 15.5 Å². The number of ether oxygens (including phenoxy) is 1. The maximum atomic E-state index is 10.1. The van der Waals surface area contributed by atoms with Gasteiger partial charge >= 0.3 is 0 Å². The van der Waals surface area contributed by atoms with Crippen LogP contribution in [0.1, 0.15) is 19.2 Å². The summed E-state index contributed by atoms with van der Waals surface area (Å²) in [6, 6.07) is 9.61. The number of aromatic nitrogens is 2. The van der Waals surface area contributed by atoms with Gasteiger partial charge in [0.05, 0.1) is 12.1 Å². The molecule has 0 aliphatic rings. The van der Waals surface area contributed by atoms with E-state index in [1.807, 2.05) is 30.3 Å².